The van der Waals surface area contributed by atoms with Gasteiger partial charge in [-0.2, -0.15) is 0 Å². The zero-order valence-electron chi connectivity index (χ0n) is 13.8. The Balaban J connectivity index is 2.74. The van der Waals surface area contributed by atoms with Crippen LogP contribution >= 0.6 is 0 Å². The van der Waals surface area contributed by atoms with Gasteiger partial charge in [-0.25, -0.2) is 4.79 Å². The fourth-order valence-corrected chi connectivity index (χ4v) is 1.75. The standard InChI is InChI=1S/C17H19NO6/c1-5-8-18-15(19)11-24-16(20)7-6-12-9-13(21-2)17(23-4)14(10-12)22-3/h1,6-7,9-10H,8,11H2,2-4H3,(H,18,19)/b7-6+. The zero-order valence-corrected chi connectivity index (χ0v) is 13.8. The number of carbonyl (C=O) groups excluding carboxylic acids is 2. The van der Waals surface area contributed by atoms with Crippen LogP contribution in [-0.2, 0) is 14.3 Å². The van der Waals surface area contributed by atoms with Crippen molar-refractivity contribution in [3.8, 4) is 29.6 Å². The van der Waals surface area contributed by atoms with Gasteiger partial charge in [-0.15, -0.1) is 6.42 Å². The first-order valence-corrected chi connectivity index (χ1v) is 6.90. The lowest BCUT2D eigenvalue weighted by molar-refractivity contribution is -0.143. The molecule has 1 aromatic carbocycles. The van der Waals surface area contributed by atoms with Crippen LogP contribution in [0.2, 0.25) is 0 Å². The van der Waals surface area contributed by atoms with E-state index < -0.39 is 18.5 Å². The van der Waals surface area contributed by atoms with Gasteiger partial charge in [-0.1, -0.05) is 5.92 Å². The van der Waals surface area contributed by atoms with Crippen molar-refractivity contribution >= 4 is 18.0 Å². The Hall–Kier alpha value is -3.14. The number of hydrogen-bond acceptors (Lipinski definition) is 6. The highest BCUT2D eigenvalue weighted by Gasteiger charge is 2.12. The molecule has 0 saturated heterocycles. The minimum absolute atomic E-state index is 0.0810. The van der Waals surface area contributed by atoms with Gasteiger partial charge in [0.2, 0.25) is 5.75 Å². The van der Waals surface area contributed by atoms with Crippen LogP contribution in [-0.4, -0.2) is 46.4 Å². The summed E-state index contributed by atoms with van der Waals surface area (Å²) in [5.74, 6) is 2.47. The van der Waals surface area contributed by atoms with E-state index in [9.17, 15) is 9.59 Å². The molecule has 0 aliphatic carbocycles. The summed E-state index contributed by atoms with van der Waals surface area (Å²) < 4.78 is 20.4. The van der Waals surface area contributed by atoms with Gasteiger partial charge in [0.15, 0.2) is 18.1 Å². The lowest BCUT2D eigenvalue weighted by Crippen LogP contribution is -2.28. The van der Waals surface area contributed by atoms with Crippen LogP contribution in [0, 0.1) is 12.3 Å². The van der Waals surface area contributed by atoms with E-state index in [4.69, 9.17) is 25.4 Å². The Morgan fingerprint density at radius 3 is 2.29 bits per heavy atom. The lowest BCUT2D eigenvalue weighted by Gasteiger charge is -2.12. The summed E-state index contributed by atoms with van der Waals surface area (Å²) in [4.78, 5) is 22.9. The quantitative estimate of drug-likeness (QED) is 0.434. The number of ether oxygens (including phenoxy) is 4. The second kappa shape index (κ2) is 9.79. The molecule has 1 amide bonds. The number of carbonyl (C=O) groups is 2. The first kappa shape index (κ1) is 18.9. The van der Waals surface area contributed by atoms with Crippen molar-refractivity contribution < 1.29 is 28.5 Å². The van der Waals surface area contributed by atoms with E-state index in [0.29, 0.717) is 22.8 Å². The molecule has 0 saturated carbocycles. The number of amides is 1. The largest absolute Gasteiger partial charge is 0.493 e. The van der Waals surface area contributed by atoms with Crippen LogP contribution in [0.5, 0.6) is 17.2 Å². The third-order valence-corrected chi connectivity index (χ3v) is 2.83. The van der Waals surface area contributed by atoms with Gasteiger partial charge in [-0.05, 0) is 23.8 Å². The fourth-order valence-electron chi connectivity index (χ4n) is 1.75. The molecule has 0 radical (unpaired) electrons. The summed E-state index contributed by atoms with van der Waals surface area (Å²) in [6.07, 6.45) is 7.70. The number of esters is 1. The zero-order chi connectivity index (χ0) is 17.9. The number of benzene rings is 1. The summed E-state index contributed by atoms with van der Waals surface area (Å²) in [7, 11) is 4.49. The molecule has 1 aromatic rings. The Labute approximate surface area is 140 Å². The van der Waals surface area contributed by atoms with E-state index in [2.05, 4.69) is 11.2 Å². The van der Waals surface area contributed by atoms with Gasteiger partial charge in [0.05, 0.1) is 27.9 Å². The minimum atomic E-state index is -0.667. The van der Waals surface area contributed by atoms with Gasteiger partial charge in [0.1, 0.15) is 0 Å². The van der Waals surface area contributed by atoms with E-state index in [0.717, 1.165) is 0 Å². The molecule has 0 heterocycles. The normalized spacial score (nSPS) is 9.92. The molecule has 0 spiro atoms. The maximum atomic E-state index is 11.6. The second-order valence-electron chi connectivity index (χ2n) is 4.38. The summed E-state index contributed by atoms with van der Waals surface area (Å²) in [6, 6.07) is 3.34. The molecule has 128 valence electrons. The summed E-state index contributed by atoms with van der Waals surface area (Å²) >= 11 is 0. The molecule has 0 aromatic heterocycles. The maximum absolute atomic E-state index is 11.6. The Morgan fingerprint density at radius 2 is 1.79 bits per heavy atom. The molecule has 0 fully saturated rings. The minimum Gasteiger partial charge on any atom is -0.493 e. The third kappa shape index (κ3) is 5.57. The topological polar surface area (TPSA) is 83.1 Å². The molecule has 7 nitrogen and oxygen atoms in total. The molecular formula is C17H19NO6. The number of nitrogens with one attached hydrogen (secondary N) is 1. The second-order valence-corrected chi connectivity index (χ2v) is 4.38. The molecule has 24 heavy (non-hydrogen) atoms. The van der Waals surface area contributed by atoms with E-state index in [-0.39, 0.29) is 6.54 Å². The molecule has 0 atom stereocenters. The van der Waals surface area contributed by atoms with Gasteiger partial charge >= 0.3 is 5.97 Å². The highest BCUT2D eigenvalue weighted by atomic mass is 16.5. The fraction of sp³-hybridized carbons (Fsp3) is 0.294. The molecule has 7 heteroatoms. The first-order valence-electron chi connectivity index (χ1n) is 6.90. The highest BCUT2D eigenvalue weighted by Crippen LogP contribution is 2.38. The van der Waals surface area contributed by atoms with Crippen LogP contribution < -0.4 is 19.5 Å². The molecule has 0 aliphatic rings. The first-order chi connectivity index (χ1) is 11.5. The van der Waals surface area contributed by atoms with E-state index in [1.807, 2.05) is 0 Å². The summed E-state index contributed by atoms with van der Waals surface area (Å²) in [6.45, 7) is -0.322. The average molecular weight is 333 g/mol. The molecule has 1 rings (SSSR count). The molecule has 0 bridgehead atoms. The lowest BCUT2D eigenvalue weighted by atomic mass is 10.1. The Kier molecular flexibility index (Phi) is 7.71. The van der Waals surface area contributed by atoms with Crippen molar-refractivity contribution in [3.63, 3.8) is 0 Å². The SMILES string of the molecule is C#CCNC(=O)COC(=O)/C=C/c1cc(OC)c(OC)c(OC)c1. The van der Waals surface area contributed by atoms with E-state index >= 15 is 0 Å². The van der Waals surface area contributed by atoms with Crippen LogP contribution in [0.25, 0.3) is 6.08 Å². The highest BCUT2D eigenvalue weighted by molar-refractivity contribution is 5.89. The van der Waals surface area contributed by atoms with Crippen LogP contribution in [0.15, 0.2) is 18.2 Å². The number of hydrogen-bond donors (Lipinski definition) is 1. The van der Waals surface area contributed by atoms with Gasteiger partial charge < -0.3 is 24.3 Å². The van der Waals surface area contributed by atoms with Crippen molar-refractivity contribution in [2.24, 2.45) is 0 Å². The number of rotatable bonds is 8. The number of terminal acetylenes is 1. The summed E-state index contributed by atoms with van der Waals surface area (Å²) in [5.41, 5.74) is 0.637. The third-order valence-electron chi connectivity index (χ3n) is 2.83. The number of methoxy groups -OCH3 is 3. The van der Waals surface area contributed by atoms with Gasteiger partial charge in [-0.3, -0.25) is 4.79 Å². The summed E-state index contributed by atoms with van der Waals surface area (Å²) in [5, 5.41) is 2.38. The van der Waals surface area contributed by atoms with Gasteiger partial charge in [0.25, 0.3) is 5.91 Å². The maximum Gasteiger partial charge on any atom is 0.331 e. The van der Waals surface area contributed by atoms with E-state index in [1.165, 1.54) is 33.5 Å². The van der Waals surface area contributed by atoms with Crippen LogP contribution in [0.3, 0.4) is 0 Å². The predicted octanol–water partition coefficient (Wildman–Crippen LogP) is 1.02. The molecular weight excluding hydrogens is 314 g/mol. The van der Waals surface area contributed by atoms with Crippen molar-refractivity contribution in [1.29, 1.82) is 0 Å². The smallest absolute Gasteiger partial charge is 0.331 e. The Bertz CT molecular complexity index is 635. The van der Waals surface area contributed by atoms with Crippen molar-refractivity contribution in [2.75, 3.05) is 34.5 Å². The molecule has 0 aliphatic heterocycles. The van der Waals surface area contributed by atoms with Crippen molar-refractivity contribution in [2.45, 2.75) is 0 Å². The van der Waals surface area contributed by atoms with E-state index in [1.54, 1.807) is 12.1 Å². The predicted molar refractivity (Wildman–Crippen MR) is 87.9 cm³/mol. The Morgan fingerprint density at radius 1 is 1.17 bits per heavy atom. The molecule has 0 unspecified atom stereocenters. The molecule has 1 N–H and O–H groups in total. The van der Waals surface area contributed by atoms with Gasteiger partial charge in [0, 0.05) is 6.08 Å². The van der Waals surface area contributed by atoms with Crippen LogP contribution in [0.4, 0.5) is 0 Å². The monoisotopic (exact) mass is 333 g/mol. The van der Waals surface area contributed by atoms with Crippen LogP contribution in [0.1, 0.15) is 5.56 Å². The van der Waals surface area contributed by atoms with Crippen molar-refractivity contribution in [1.82, 2.24) is 5.32 Å². The average Bonchev–Trinajstić information content (AvgIpc) is 2.61. The van der Waals surface area contributed by atoms with Crippen molar-refractivity contribution in [3.05, 3.63) is 23.8 Å².